The fourth-order valence-corrected chi connectivity index (χ4v) is 2.18. The van der Waals surface area contributed by atoms with Crippen LogP contribution in [0.3, 0.4) is 0 Å². The first-order valence-corrected chi connectivity index (χ1v) is 6.46. The molecule has 0 aromatic rings. The van der Waals surface area contributed by atoms with Gasteiger partial charge >= 0.3 is 0 Å². The molecule has 1 N–H and O–H groups in total. The minimum Gasteiger partial charge on any atom is -0.390 e. The van der Waals surface area contributed by atoms with Crippen molar-refractivity contribution in [2.24, 2.45) is 11.8 Å². The van der Waals surface area contributed by atoms with Crippen molar-refractivity contribution in [1.82, 2.24) is 0 Å². The third-order valence-corrected chi connectivity index (χ3v) is 3.54. The monoisotopic (exact) mass is 222 g/mol. The van der Waals surface area contributed by atoms with Gasteiger partial charge in [-0.15, -0.1) is 0 Å². The van der Waals surface area contributed by atoms with Crippen molar-refractivity contribution >= 4 is 0 Å². The maximum Gasteiger partial charge on any atom is 0.0654 e. The zero-order valence-electron chi connectivity index (χ0n) is 11.2. The van der Waals surface area contributed by atoms with Crippen LogP contribution in [0.25, 0.3) is 0 Å². The van der Waals surface area contributed by atoms with Gasteiger partial charge in [0.1, 0.15) is 0 Å². The Morgan fingerprint density at radius 3 is 2.56 bits per heavy atom. The SMILES string of the molecule is CC1=CCC[C@H](C)C=C[C@@H](C(C)(C)O)CC1. The van der Waals surface area contributed by atoms with Crippen LogP contribution in [0.2, 0.25) is 0 Å². The van der Waals surface area contributed by atoms with Crippen LogP contribution in [0.15, 0.2) is 23.8 Å². The Hall–Kier alpha value is -0.560. The zero-order chi connectivity index (χ0) is 12.2. The molecular weight excluding hydrogens is 196 g/mol. The van der Waals surface area contributed by atoms with E-state index in [0.29, 0.717) is 5.92 Å². The van der Waals surface area contributed by atoms with E-state index in [9.17, 15) is 5.11 Å². The van der Waals surface area contributed by atoms with Crippen LogP contribution in [0.4, 0.5) is 0 Å². The van der Waals surface area contributed by atoms with E-state index in [4.69, 9.17) is 0 Å². The molecule has 0 fully saturated rings. The largest absolute Gasteiger partial charge is 0.390 e. The number of allylic oxidation sites excluding steroid dienone is 3. The topological polar surface area (TPSA) is 20.2 Å². The molecule has 0 amide bonds. The van der Waals surface area contributed by atoms with Gasteiger partial charge in [-0.1, -0.05) is 30.7 Å². The predicted octanol–water partition coefficient (Wildman–Crippen LogP) is 4.09. The zero-order valence-corrected chi connectivity index (χ0v) is 11.2. The molecule has 1 heteroatoms. The smallest absolute Gasteiger partial charge is 0.0654 e. The normalized spacial score (nSPS) is 28.7. The number of rotatable bonds is 1. The maximum absolute atomic E-state index is 10.1. The van der Waals surface area contributed by atoms with Crippen LogP contribution in [-0.4, -0.2) is 10.7 Å². The summed E-state index contributed by atoms with van der Waals surface area (Å²) in [6, 6.07) is 0. The summed E-state index contributed by atoms with van der Waals surface area (Å²) in [5, 5.41) is 10.1. The summed E-state index contributed by atoms with van der Waals surface area (Å²) in [4.78, 5) is 0. The molecule has 2 atom stereocenters. The Bertz CT molecular complexity index is 268. The van der Waals surface area contributed by atoms with Gasteiger partial charge in [0.15, 0.2) is 0 Å². The lowest BCUT2D eigenvalue weighted by atomic mass is 9.84. The van der Waals surface area contributed by atoms with Gasteiger partial charge in [-0.3, -0.25) is 0 Å². The van der Waals surface area contributed by atoms with Crippen molar-refractivity contribution < 1.29 is 5.11 Å². The first kappa shape index (κ1) is 13.5. The van der Waals surface area contributed by atoms with Gasteiger partial charge in [0.05, 0.1) is 5.60 Å². The molecule has 1 rings (SSSR count). The number of aliphatic hydroxyl groups is 1. The van der Waals surface area contributed by atoms with Gasteiger partial charge in [0.25, 0.3) is 0 Å². The van der Waals surface area contributed by atoms with Crippen LogP contribution in [0.1, 0.15) is 53.4 Å². The van der Waals surface area contributed by atoms with Gasteiger partial charge in [0.2, 0.25) is 0 Å². The van der Waals surface area contributed by atoms with E-state index in [0.717, 1.165) is 12.8 Å². The highest BCUT2D eigenvalue weighted by molar-refractivity contribution is 5.05. The Morgan fingerprint density at radius 1 is 1.25 bits per heavy atom. The van der Waals surface area contributed by atoms with Crippen molar-refractivity contribution in [1.29, 1.82) is 0 Å². The van der Waals surface area contributed by atoms with E-state index in [1.165, 1.54) is 18.4 Å². The maximum atomic E-state index is 10.1. The molecule has 0 aromatic heterocycles. The summed E-state index contributed by atoms with van der Waals surface area (Å²) in [6.07, 6.45) is 11.4. The number of hydrogen-bond acceptors (Lipinski definition) is 1. The quantitative estimate of drug-likeness (QED) is 0.663. The van der Waals surface area contributed by atoms with Crippen LogP contribution in [0, 0.1) is 11.8 Å². The van der Waals surface area contributed by atoms with Crippen molar-refractivity contribution in [2.45, 2.75) is 59.0 Å². The summed E-state index contributed by atoms with van der Waals surface area (Å²) in [6.45, 7) is 8.29. The van der Waals surface area contributed by atoms with Crippen molar-refractivity contribution in [2.75, 3.05) is 0 Å². The van der Waals surface area contributed by atoms with Gasteiger partial charge in [-0.25, -0.2) is 0 Å². The highest BCUT2D eigenvalue weighted by Crippen LogP contribution is 2.27. The van der Waals surface area contributed by atoms with E-state index in [2.05, 4.69) is 32.1 Å². The van der Waals surface area contributed by atoms with Crippen LogP contribution < -0.4 is 0 Å². The fourth-order valence-electron chi connectivity index (χ4n) is 2.18. The van der Waals surface area contributed by atoms with Crippen LogP contribution >= 0.6 is 0 Å². The lowest BCUT2D eigenvalue weighted by Crippen LogP contribution is -2.29. The first-order chi connectivity index (χ1) is 7.39. The summed E-state index contributed by atoms with van der Waals surface area (Å²) in [7, 11) is 0. The second-order valence-corrected chi connectivity index (χ2v) is 5.79. The van der Waals surface area contributed by atoms with Crippen LogP contribution in [-0.2, 0) is 0 Å². The summed E-state index contributed by atoms with van der Waals surface area (Å²) < 4.78 is 0. The van der Waals surface area contributed by atoms with Gasteiger partial charge in [-0.2, -0.15) is 0 Å². The lowest BCUT2D eigenvalue weighted by molar-refractivity contribution is 0.0336. The van der Waals surface area contributed by atoms with Crippen LogP contribution in [0.5, 0.6) is 0 Å². The van der Waals surface area contributed by atoms with Gasteiger partial charge in [-0.05, 0) is 52.4 Å². The van der Waals surface area contributed by atoms with Crippen molar-refractivity contribution in [3.05, 3.63) is 23.8 Å². The predicted molar refractivity (Wildman–Crippen MR) is 70.3 cm³/mol. The molecule has 0 aliphatic heterocycles. The standard InChI is InChI=1S/C15H26O/c1-12-6-5-7-13(2)9-11-14(10-8-12)15(3,4)16/h6,9,11,13-14,16H,5,7-8,10H2,1-4H3/t13-,14-/m0/s1. The molecule has 16 heavy (non-hydrogen) atoms. The molecule has 0 unspecified atom stereocenters. The molecule has 1 nitrogen and oxygen atoms in total. The van der Waals surface area contributed by atoms with E-state index in [1.807, 2.05) is 13.8 Å². The molecule has 0 spiro atoms. The molecule has 0 aromatic carbocycles. The summed E-state index contributed by atoms with van der Waals surface area (Å²) >= 11 is 0. The fraction of sp³-hybridized carbons (Fsp3) is 0.733. The van der Waals surface area contributed by atoms with E-state index < -0.39 is 5.60 Å². The Balaban J connectivity index is 2.76. The molecule has 0 heterocycles. The van der Waals surface area contributed by atoms with E-state index >= 15 is 0 Å². The summed E-state index contributed by atoms with van der Waals surface area (Å²) in [5.41, 5.74) is 0.868. The van der Waals surface area contributed by atoms with Gasteiger partial charge in [0, 0.05) is 5.92 Å². The van der Waals surface area contributed by atoms with Gasteiger partial charge < -0.3 is 5.11 Å². The lowest BCUT2D eigenvalue weighted by Gasteiger charge is -2.27. The van der Waals surface area contributed by atoms with Crippen molar-refractivity contribution in [3.8, 4) is 0 Å². The van der Waals surface area contributed by atoms with E-state index in [-0.39, 0.29) is 5.92 Å². The second-order valence-electron chi connectivity index (χ2n) is 5.79. The molecule has 0 bridgehead atoms. The Labute approximate surface area is 100 Å². The molecule has 1 aliphatic carbocycles. The molecular formula is C15H26O. The highest BCUT2D eigenvalue weighted by atomic mass is 16.3. The van der Waals surface area contributed by atoms with E-state index in [1.54, 1.807) is 0 Å². The third-order valence-electron chi connectivity index (χ3n) is 3.54. The average Bonchev–Trinajstić information content (AvgIpc) is 2.15. The molecule has 0 saturated carbocycles. The number of hydrogen-bond donors (Lipinski definition) is 1. The first-order valence-electron chi connectivity index (χ1n) is 6.46. The Morgan fingerprint density at radius 2 is 1.94 bits per heavy atom. The third kappa shape index (κ3) is 4.52. The highest BCUT2D eigenvalue weighted by Gasteiger charge is 2.24. The van der Waals surface area contributed by atoms with Crippen molar-refractivity contribution in [3.63, 3.8) is 0 Å². The molecule has 1 aliphatic rings. The average molecular weight is 222 g/mol. The molecule has 0 radical (unpaired) electrons. The second kappa shape index (κ2) is 5.67. The molecule has 0 saturated heterocycles. The summed E-state index contributed by atoms with van der Waals surface area (Å²) in [5.74, 6) is 0.892. The molecule has 92 valence electrons. The minimum absolute atomic E-state index is 0.274. The Kier molecular flexibility index (Phi) is 4.79. The minimum atomic E-state index is -0.601.